The minimum atomic E-state index is -4.09. The summed E-state index contributed by atoms with van der Waals surface area (Å²) < 4.78 is 34.4. The van der Waals surface area contributed by atoms with Crippen LogP contribution in [-0.2, 0) is 14.9 Å². The zero-order chi connectivity index (χ0) is 9.24. The molecule has 0 atom stereocenters. The molecule has 0 aromatic heterocycles. The van der Waals surface area contributed by atoms with E-state index in [-0.39, 0.29) is 12.8 Å². The molecule has 0 aromatic rings. The molecule has 5 nitrogen and oxygen atoms in total. The summed E-state index contributed by atoms with van der Waals surface area (Å²) in [7, 11) is -4.09. The topological polar surface area (TPSA) is 83.8 Å². The zero-order valence-electron chi connectivity index (χ0n) is 6.56. The van der Waals surface area contributed by atoms with Gasteiger partial charge in [-0.3, -0.25) is 4.55 Å². The lowest BCUT2D eigenvalue weighted by atomic mass is 9.97. The van der Waals surface area contributed by atoms with E-state index in [0.717, 1.165) is 0 Å². The molecule has 0 saturated carbocycles. The first-order chi connectivity index (χ1) is 5.41. The molecule has 0 aromatic carbocycles. The molecule has 0 spiro atoms. The number of hydrogen-bond acceptors (Lipinski definition) is 4. The molecule has 2 N–H and O–H groups in total. The van der Waals surface area contributed by atoms with Crippen molar-refractivity contribution in [1.82, 2.24) is 0 Å². The fourth-order valence-electron chi connectivity index (χ4n) is 1.24. The van der Waals surface area contributed by atoms with E-state index in [1.54, 1.807) is 0 Å². The molecule has 0 radical (unpaired) electrons. The van der Waals surface area contributed by atoms with Crippen molar-refractivity contribution < 1.29 is 22.8 Å². The van der Waals surface area contributed by atoms with Crippen LogP contribution in [0.4, 0.5) is 0 Å². The Balaban J connectivity index is 2.59. The monoisotopic (exact) mass is 196 g/mol. The number of ether oxygens (including phenoxy) is 1. The fraction of sp³-hybridized carbons (Fsp3) is 1.00. The zero-order valence-corrected chi connectivity index (χ0v) is 7.38. The van der Waals surface area contributed by atoms with Gasteiger partial charge in [-0.25, -0.2) is 0 Å². The molecule has 12 heavy (non-hydrogen) atoms. The van der Waals surface area contributed by atoms with Gasteiger partial charge in [0, 0.05) is 26.1 Å². The van der Waals surface area contributed by atoms with Gasteiger partial charge in [0.2, 0.25) is 0 Å². The largest absolute Gasteiger partial charge is 0.389 e. The van der Waals surface area contributed by atoms with Gasteiger partial charge in [-0.2, -0.15) is 8.42 Å². The van der Waals surface area contributed by atoms with Gasteiger partial charge in [0.1, 0.15) is 5.75 Å². The summed E-state index contributed by atoms with van der Waals surface area (Å²) in [6.07, 6.45) is 0.513. The van der Waals surface area contributed by atoms with Crippen LogP contribution in [0.3, 0.4) is 0 Å². The minimum absolute atomic E-state index is 0.257. The highest BCUT2D eigenvalue weighted by molar-refractivity contribution is 7.85. The smallest absolute Gasteiger partial charge is 0.267 e. The summed E-state index contributed by atoms with van der Waals surface area (Å²) in [4.78, 5) is 0. The molecule has 72 valence electrons. The minimum Gasteiger partial charge on any atom is -0.389 e. The van der Waals surface area contributed by atoms with Crippen LogP contribution in [0.1, 0.15) is 12.8 Å². The standard InChI is InChI=1S/C6H12O5S/c7-6(5-12(8,9)10)1-3-11-4-2-6/h7H,1-5H2,(H,8,9,10). The van der Waals surface area contributed by atoms with E-state index < -0.39 is 21.5 Å². The van der Waals surface area contributed by atoms with E-state index in [0.29, 0.717) is 13.2 Å². The van der Waals surface area contributed by atoms with Crippen molar-refractivity contribution in [3.05, 3.63) is 0 Å². The van der Waals surface area contributed by atoms with Crippen LogP contribution in [0.2, 0.25) is 0 Å². The summed E-state index contributed by atoms with van der Waals surface area (Å²) in [6, 6.07) is 0. The molecule has 6 heteroatoms. The van der Waals surface area contributed by atoms with Gasteiger partial charge < -0.3 is 9.84 Å². The lowest BCUT2D eigenvalue weighted by Gasteiger charge is -2.30. The Bertz CT molecular complexity index is 239. The second-order valence-electron chi connectivity index (χ2n) is 3.06. The average molecular weight is 196 g/mol. The first-order valence-corrected chi connectivity index (χ1v) is 5.28. The van der Waals surface area contributed by atoms with Crippen molar-refractivity contribution in [3.8, 4) is 0 Å². The Kier molecular flexibility index (Phi) is 2.72. The molecule has 1 aliphatic rings. The highest BCUT2D eigenvalue weighted by Gasteiger charge is 2.34. The molecule has 1 rings (SSSR count). The van der Waals surface area contributed by atoms with E-state index in [1.165, 1.54) is 0 Å². The van der Waals surface area contributed by atoms with Crippen molar-refractivity contribution in [2.75, 3.05) is 19.0 Å². The van der Waals surface area contributed by atoms with Gasteiger partial charge in [0.05, 0.1) is 5.60 Å². The Morgan fingerprint density at radius 2 is 1.83 bits per heavy atom. The van der Waals surface area contributed by atoms with Crippen LogP contribution in [0.25, 0.3) is 0 Å². The van der Waals surface area contributed by atoms with Crippen LogP contribution in [0, 0.1) is 0 Å². The van der Waals surface area contributed by atoms with Crippen LogP contribution in [0.15, 0.2) is 0 Å². The summed E-state index contributed by atoms with van der Waals surface area (Å²) in [5, 5.41) is 9.59. The second-order valence-corrected chi connectivity index (χ2v) is 4.52. The molecule has 0 unspecified atom stereocenters. The first-order valence-electron chi connectivity index (χ1n) is 3.67. The maximum Gasteiger partial charge on any atom is 0.267 e. The summed E-state index contributed by atoms with van der Waals surface area (Å²) in [5.74, 6) is -0.594. The Hall–Kier alpha value is -0.170. The van der Waals surface area contributed by atoms with Crippen LogP contribution in [0.5, 0.6) is 0 Å². The molecular weight excluding hydrogens is 184 g/mol. The van der Waals surface area contributed by atoms with Gasteiger partial charge in [-0.05, 0) is 0 Å². The Morgan fingerprint density at radius 1 is 1.33 bits per heavy atom. The van der Waals surface area contributed by atoms with E-state index >= 15 is 0 Å². The van der Waals surface area contributed by atoms with Crippen LogP contribution in [-0.4, -0.2) is 42.6 Å². The van der Waals surface area contributed by atoms with E-state index in [9.17, 15) is 13.5 Å². The number of hydrogen-bond donors (Lipinski definition) is 2. The van der Waals surface area contributed by atoms with E-state index in [1.807, 2.05) is 0 Å². The maximum atomic E-state index is 10.5. The van der Waals surface area contributed by atoms with Crippen molar-refractivity contribution in [2.45, 2.75) is 18.4 Å². The molecular formula is C6H12O5S. The molecule has 0 aliphatic carbocycles. The van der Waals surface area contributed by atoms with Gasteiger partial charge in [-0.1, -0.05) is 0 Å². The number of rotatable bonds is 2. The highest BCUT2D eigenvalue weighted by atomic mass is 32.2. The third-order valence-corrected chi connectivity index (χ3v) is 2.78. The van der Waals surface area contributed by atoms with Crippen LogP contribution < -0.4 is 0 Å². The molecule has 0 amide bonds. The fourth-order valence-corrected chi connectivity index (χ4v) is 2.20. The van der Waals surface area contributed by atoms with E-state index in [2.05, 4.69) is 0 Å². The van der Waals surface area contributed by atoms with Crippen molar-refractivity contribution in [2.24, 2.45) is 0 Å². The van der Waals surface area contributed by atoms with Gasteiger partial charge >= 0.3 is 0 Å². The lowest BCUT2D eigenvalue weighted by Crippen LogP contribution is -2.42. The third-order valence-electron chi connectivity index (χ3n) is 1.87. The summed E-state index contributed by atoms with van der Waals surface area (Å²) in [5.41, 5.74) is -1.30. The number of aliphatic hydroxyl groups is 1. The lowest BCUT2D eigenvalue weighted by molar-refractivity contribution is -0.0491. The predicted octanol–water partition coefficient (Wildman–Crippen LogP) is -0.584. The average Bonchev–Trinajstić information content (AvgIpc) is 1.83. The van der Waals surface area contributed by atoms with E-state index in [4.69, 9.17) is 9.29 Å². The molecule has 1 aliphatic heterocycles. The second kappa shape index (κ2) is 3.29. The third kappa shape index (κ3) is 3.06. The Morgan fingerprint density at radius 3 is 2.25 bits per heavy atom. The molecule has 1 saturated heterocycles. The van der Waals surface area contributed by atoms with Gasteiger partial charge in [-0.15, -0.1) is 0 Å². The summed E-state index contributed by atoms with van der Waals surface area (Å²) >= 11 is 0. The molecule has 1 fully saturated rings. The van der Waals surface area contributed by atoms with Crippen molar-refractivity contribution in [3.63, 3.8) is 0 Å². The van der Waals surface area contributed by atoms with Crippen molar-refractivity contribution in [1.29, 1.82) is 0 Å². The predicted molar refractivity (Wildman–Crippen MR) is 41.4 cm³/mol. The highest BCUT2D eigenvalue weighted by Crippen LogP contribution is 2.21. The maximum absolute atomic E-state index is 10.5. The molecule has 0 bridgehead atoms. The SMILES string of the molecule is O=S(=O)(O)CC1(O)CCOCC1. The first kappa shape index (κ1) is 9.91. The van der Waals surface area contributed by atoms with Gasteiger partial charge in [0.25, 0.3) is 10.1 Å². The summed E-state index contributed by atoms with van der Waals surface area (Å²) in [6.45, 7) is 0.679. The molecule has 1 heterocycles. The normalized spacial score (nSPS) is 23.8. The quantitative estimate of drug-likeness (QED) is 0.577. The Labute approximate surface area is 71.1 Å². The van der Waals surface area contributed by atoms with Crippen LogP contribution >= 0.6 is 0 Å². The van der Waals surface area contributed by atoms with Crippen molar-refractivity contribution >= 4 is 10.1 Å². The van der Waals surface area contributed by atoms with Gasteiger partial charge in [0.15, 0.2) is 0 Å².